The molecular formula is C35H49N5O. The number of aromatic nitrogens is 3. The van der Waals surface area contributed by atoms with Gasteiger partial charge in [-0.3, -0.25) is 4.79 Å². The number of hydrogen-bond donors (Lipinski definition) is 2. The van der Waals surface area contributed by atoms with E-state index in [0.717, 1.165) is 65.4 Å². The van der Waals surface area contributed by atoms with Crippen molar-refractivity contribution in [2.45, 2.75) is 117 Å². The molecule has 6 nitrogen and oxygen atoms in total. The van der Waals surface area contributed by atoms with Gasteiger partial charge in [-0.2, -0.15) is 0 Å². The standard InChI is InChI=1S/C35H49N5O/c1-3-5-7-8-9-10-11-12-13-14-20-32(41)37-25-27-21-23-28(24-22-27)26-40-31(19-6-4-2)39-33-34(40)29-17-15-16-18-30(29)38-35(33)36/h15-18,21-24H,3-14,19-20,25-26H2,1-2H3,(H2,36,38)(H,37,41). The summed E-state index contributed by atoms with van der Waals surface area (Å²) in [6.45, 7) is 5.75. The Bertz CT molecular complexity index is 1380. The average Bonchev–Trinajstić information content (AvgIpc) is 3.35. The molecule has 0 bridgehead atoms. The number of pyridine rings is 1. The minimum atomic E-state index is 0.150. The molecule has 2 aromatic carbocycles. The number of nitrogens with one attached hydrogen (secondary N) is 1. The van der Waals surface area contributed by atoms with Crippen LogP contribution in [0.2, 0.25) is 0 Å². The van der Waals surface area contributed by atoms with E-state index < -0.39 is 0 Å². The third kappa shape index (κ3) is 8.79. The van der Waals surface area contributed by atoms with E-state index in [4.69, 9.17) is 10.7 Å². The number of benzene rings is 2. The number of para-hydroxylation sites is 1. The first-order valence-electron chi connectivity index (χ1n) is 16.0. The summed E-state index contributed by atoms with van der Waals surface area (Å²) in [7, 11) is 0. The van der Waals surface area contributed by atoms with Gasteiger partial charge in [0.2, 0.25) is 5.91 Å². The van der Waals surface area contributed by atoms with Crippen LogP contribution in [-0.4, -0.2) is 20.4 Å². The monoisotopic (exact) mass is 555 g/mol. The van der Waals surface area contributed by atoms with Crippen LogP contribution in [0, 0.1) is 0 Å². The zero-order valence-electron chi connectivity index (χ0n) is 25.3. The number of nitrogens with two attached hydrogens (primary N) is 1. The van der Waals surface area contributed by atoms with Crippen LogP contribution in [0.1, 0.15) is 114 Å². The van der Waals surface area contributed by atoms with Gasteiger partial charge in [0.15, 0.2) is 5.82 Å². The van der Waals surface area contributed by atoms with Gasteiger partial charge in [-0.1, -0.05) is 121 Å². The number of aryl methyl sites for hydroxylation is 1. The van der Waals surface area contributed by atoms with Gasteiger partial charge in [-0.25, -0.2) is 9.97 Å². The number of unbranched alkanes of at least 4 members (excludes halogenated alkanes) is 10. The van der Waals surface area contributed by atoms with Gasteiger partial charge < -0.3 is 15.6 Å². The number of fused-ring (bicyclic) bond motifs is 3. The Kier molecular flexibility index (Phi) is 12.0. The Hall–Kier alpha value is -3.41. The van der Waals surface area contributed by atoms with Crippen molar-refractivity contribution < 1.29 is 4.79 Å². The zero-order chi connectivity index (χ0) is 28.9. The van der Waals surface area contributed by atoms with E-state index in [0.29, 0.717) is 25.3 Å². The number of carbonyl (C=O) groups excluding carboxylic acids is 1. The number of nitrogens with zero attached hydrogens (tertiary/aromatic N) is 3. The molecule has 0 unspecified atom stereocenters. The zero-order valence-corrected chi connectivity index (χ0v) is 25.3. The van der Waals surface area contributed by atoms with Gasteiger partial charge in [0.05, 0.1) is 11.0 Å². The highest BCUT2D eigenvalue weighted by Crippen LogP contribution is 2.30. The molecule has 0 aliphatic heterocycles. The molecule has 0 aliphatic carbocycles. The Balaban J connectivity index is 1.29. The van der Waals surface area contributed by atoms with Crippen molar-refractivity contribution >= 4 is 33.7 Å². The first-order valence-corrected chi connectivity index (χ1v) is 16.0. The molecule has 0 spiro atoms. The Morgan fingerprint density at radius 3 is 2.12 bits per heavy atom. The molecule has 0 fully saturated rings. The maximum absolute atomic E-state index is 12.4. The van der Waals surface area contributed by atoms with Crippen molar-refractivity contribution in [2.24, 2.45) is 0 Å². The molecule has 0 atom stereocenters. The lowest BCUT2D eigenvalue weighted by molar-refractivity contribution is -0.121. The molecule has 220 valence electrons. The SMILES string of the molecule is CCCCCCCCCCCCC(=O)NCc1ccc(Cn2c(CCCC)nc3c(N)nc4ccccc4c32)cc1. The number of nitrogen functional groups attached to an aromatic ring is 1. The summed E-state index contributed by atoms with van der Waals surface area (Å²) in [5, 5.41) is 4.18. The highest BCUT2D eigenvalue weighted by Gasteiger charge is 2.17. The van der Waals surface area contributed by atoms with E-state index in [1.54, 1.807) is 0 Å². The second-order valence-corrected chi connectivity index (χ2v) is 11.5. The molecule has 6 heteroatoms. The van der Waals surface area contributed by atoms with Crippen LogP contribution in [0.5, 0.6) is 0 Å². The fraction of sp³-hybridized carbons (Fsp3) is 0.514. The lowest BCUT2D eigenvalue weighted by Crippen LogP contribution is -2.22. The van der Waals surface area contributed by atoms with E-state index in [9.17, 15) is 4.79 Å². The van der Waals surface area contributed by atoms with E-state index in [2.05, 4.69) is 59.0 Å². The molecule has 4 rings (SSSR count). The van der Waals surface area contributed by atoms with Gasteiger partial charge in [-0.15, -0.1) is 0 Å². The second-order valence-electron chi connectivity index (χ2n) is 11.5. The molecular weight excluding hydrogens is 506 g/mol. The number of imidazole rings is 1. The van der Waals surface area contributed by atoms with Gasteiger partial charge in [0, 0.05) is 31.3 Å². The van der Waals surface area contributed by atoms with Crippen LogP contribution in [-0.2, 0) is 24.3 Å². The predicted molar refractivity (Wildman–Crippen MR) is 172 cm³/mol. The third-order valence-electron chi connectivity index (χ3n) is 8.05. The van der Waals surface area contributed by atoms with Crippen LogP contribution in [0.4, 0.5) is 5.82 Å². The summed E-state index contributed by atoms with van der Waals surface area (Å²) < 4.78 is 2.31. The predicted octanol–water partition coefficient (Wildman–Crippen LogP) is 8.48. The second kappa shape index (κ2) is 16.1. The minimum Gasteiger partial charge on any atom is -0.382 e. The maximum Gasteiger partial charge on any atom is 0.220 e. The molecule has 3 N–H and O–H groups in total. The lowest BCUT2D eigenvalue weighted by Gasteiger charge is -2.12. The van der Waals surface area contributed by atoms with Crippen molar-refractivity contribution in [3.05, 3.63) is 65.5 Å². The van der Waals surface area contributed by atoms with Crippen molar-refractivity contribution in [2.75, 3.05) is 5.73 Å². The number of anilines is 1. The van der Waals surface area contributed by atoms with Gasteiger partial charge in [-0.05, 0) is 30.0 Å². The fourth-order valence-electron chi connectivity index (χ4n) is 5.61. The van der Waals surface area contributed by atoms with E-state index in [1.807, 2.05) is 18.2 Å². The van der Waals surface area contributed by atoms with E-state index in [-0.39, 0.29) is 5.91 Å². The van der Waals surface area contributed by atoms with Crippen LogP contribution < -0.4 is 11.1 Å². The van der Waals surface area contributed by atoms with Gasteiger partial charge >= 0.3 is 0 Å². The highest BCUT2D eigenvalue weighted by molar-refractivity contribution is 6.06. The average molecular weight is 556 g/mol. The topological polar surface area (TPSA) is 85.8 Å². The molecule has 0 saturated heterocycles. The molecule has 41 heavy (non-hydrogen) atoms. The molecule has 1 amide bonds. The molecule has 0 radical (unpaired) electrons. The lowest BCUT2D eigenvalue weighted by atomic mass is 10.1. The van der Waals surface area contributed by atoms with Crippen molar-refractivity contribution in [1.29, 1.82) is 0 Å². The van der Waals surface area contributed by atoms with Crippen molar-refractivity contribution in [3.63, 3.8) is 0 Å². The fourth-order valence-corrected chi connectivity index (χ4v) is 5.61. The third-order valence-corrected chi connectivity index (χ3v) is 8.05. The first kappa shape index (κ1) is 30.5. The molecule has 4 aromatic rings. The summed E-state index contributed by atoms with van der Waals surface area (Å²) in [6, 6.07) is 16.7. The largest absolute Gasteiger partial charge is 0.382 e. The number of hydrogen-bond acceptors (Lipinski definition) is 4. The van der Waals surface area contributed by atoms with Crippen molar-refractivity contribution in [3.8, 4) is 0 Å². The van der Waals surface area contributed by atoms with Gasteiger partial charge in [0.25, 0.3) is 0 Å². The summed E-state index contributed by atoms with van der Waals surface area (Å²) in [6.07, 6.45) is 16.5. The summed E-state index contributed by atoms with van der Waals surface area (Å²) in [5.41, 5.74) is 11.4. The van der Waals surface area contributed by atoms with Crippen LogP contribution in [0.3, 0.4) is 0 Å². The smallest absolute Gasteiger partial charge is 0.220 e. The Morgan fingerprint density at radius 2 is 1.41 bits per heavy atom. The maximum atomic E-state index is 12.4. The van der Waals surface area contributed by atoms with Gasteiger partial charge in [0.1, 0.15) is 11.3 Å². The summed E-state index contributed by atoms with van der Waals surface area (Å²) >= 11 is 0. The molecule has 2 heterocycles. The number of rotatable bonds is 18. The Labute approximate surface area is 246 Å². The highest BCUT2D eigenvalue weighted by atomic mass is 16.1. The van der Waals surface area contributed by atoms with Crippen LogP contribution in [0.25, 0.3) is 21.9 Å². The van der Waals surface area contributed by atoms with Crippen LogP contribution >= 0.6 is 0 Å². The Morgan fingerprint density at radius 1 is 0.780 bits per heavy atom. The van der Waals surface area contributed by atoms with Crippen molar-refractivity contribution in [1.82, 2.24) is 19.9 Å². The van der Waals surface area contributed by atoms with E-state index >= 15 is 0 Å². The number of carbonyl (C=O) groups is 1. The van der Waals surface area contributed by atoms with Crippen LogP contribution in [0.15, 0.2) is 48.5 Å². The molecule has 0 aliphatic rings. The molecule has 0 saturated carbocycles. The summed E-state index contributed by atoms with van der Waals surface area (Å²) in [4.78, 5) is 21.9. The molecule has 2 aromatic heterocycles. The summed E-state index contributed by atoms with van der Waals surface area (Å²) in [5.74, 6) is 1.69. The van der Waals surface area contributed by atoms with E-state index in [1.165, 1.54) is 56.9 Å². The number of amides is 1. The quantitative estimate of drug-likeness (QED) is 0.121. The first-order chi connectivity index (χ1) is 20.1. The minimum absolute atomic E-state index is 0.150. The normalized spacial score (nSPS) is 11.5.